The highest BCUT2D eigenvalue weighted by atomic mass is 16.5. The van der Waals surface area contributed by atoms with Crippen LogP contribution in [-0.2, 0) is 11.8 Å². The third-order valence-electron chi connectivity index (χ3n) is 4.51. The number of anilines is 1. The predicted octanol–water partition coefficient (Wildman–Crippen LogP) is 1.67. The number of imidazole rings is 1. The first-order valence-corrected chi connectivity index (χ1v) is 8.85. The van der Waals surface area contributed by atoms with Crippen LogP contribution in [0.3, 0.4) is 0 Å². The third kappa shape index (κ3) is 4.12. The fourth-order valence-corrected chi connectivity index (χ4v) is 3.25. The minimum absolute atomic E-state index is 0.00637. The summed E-state index contributed by atoms with van der Waals surface area (Å²) in [5.41, 5.74) is 0.966. The number of carbonyl (C=O) groups excluding carboxylic acids is 1. The number of nitrogens with one attached hydrogen (secondary N) is 1. The van der Waals surface area contributed by atoms with Crippen LogP contribution in [0.15, 0.2) is 24.8 Å². The fraction of sp³-hybridized carbons (Fsp3) is 0.556. The van der Waals surface area contributed by atoms with E-state index < -0.39 is 0 Å². The molecule has 1 amide bonds. The minimum Gasteiger partial charge on any atom is -0.481 e. The summed E-state index contributed by atoms with van der Waals surface area (Å²) >= 11 is 0. The van der Waals surface area contributed by atoms with Crippen LogP contribution in [-0.4, -0.2) is 56.6 Å². The number of hydrogen-bond acceptors (Lipinski definition) is 6. The van der Waals surface area contributed by atoms with E-state index in [1.54, 1.807) is 25.7 Å². The molecular formula is C18H26N6O2. The van der Waals surface area contributed by atoms with Crippen LogP contribution in [0.25, 0.3) is 0 Å². The number of aromatic nitrogens is 4. The summed E-state index contributed by atoms with van der Waals surface area (Å²) < 4.78 is 7.09. The van der Waals surface area contributed by atoms with E-state index in [1.165, 1.54) is 0 Å². The van der Waals surface area contributed by atoms with Crippen molar-refractivity contribution in [1.29, 1.82) is 0 Å². The quantitative estimate of drug-likeness (QED) is 0.845. The van der Waals surface area contributed by atoms with Crippen LogP contribution in [0, 0.1) is 5.92 Å². The lowest BCUT2D eigenvalue weighted by molar-refractivity contribution is -0.130. The van der Waals surface area contributed by atoms with Gasteiger partial charge in [0, 0.05) is 50.9 Å². The zero-order valence-corrected chi connectivity index (χ0v) is 15.7. The van der Waals surface area contributed by atoms with E-state index in [2.05, 4.69) is 34.1 Å². The van der Waals surface area contributed by atoms with Gasteiger partial charge in [0.25, 0.3) is 0 Å². The maximum absolute atomic E-state index is 12.6. The average Bonchev–Trinajstić information content (AvgIpc) is 3.20. The second kappa shape index (κ2) is 7.72. The molecule has 2 atom stereocenters. The molecule has 8 nitrogen and oxygen atoms in total. The first kappa shape index (κ1) is 18.2. The number of hydrogen-bond donors (Lipinski definition) is 1. The average molecular weight is 358 g/mol. The Morgan fingerprint density at radius 2 is 2.19 bits per heavy atom. The van der Waals surface area contributed by atoms with Gasteiger partial charge in [-0.05, 0) is 5.92 Å². The van der Waals surface area contributed by atoms with E-state index in [4.69, 9.17) is 4.74 Å². The monoisotopic (exact) mass is 358 g/mol. The highest BCUT2D eigenvalue weighted by Crippen LogP contribution is 2.29. The number of ether oxygens (including phenoxy) is 1. The van der Waals surface area contributed by atoms with Crippen molar-refractivity contribution in [2.24, 2.45) is 13.0 Å². The Morgan fingerprint density at radius 3 is 2.85 bits per heavy atom. The van der Waals surface area contributed by atoms with Gasteiger partial charge in [-0.25, -0.2) is 9.97 Å². The molecule has 1 N–H and O–H groups in total. The van der Waals surface area contributed by atoms with Crippen LogP contribution in [0.1, 0.15) is 31.9 Å². The van der Waals surface area contributed by atoms with Gasteiger partial charge in [-0.15, -0.1) is 0 Å². The number of nitrogens with zero attached hydrogens (tertiary/aromatic N) is 5. The number of rotatable bonds is 6. The van der Waals surface area contributed by atoms with Crippen molar-refractivity contribution in [1.82, 2.24) is 24.4 Å². The van der Waals surface area contributed by atoms with E-state index in [0.29, 0.717) is 37.3 Å². The van der Waals surface area contributed by atoms with E-state index in [9.17, 15) is 4.79 Å². The maximum atomic E-state index is 12.6. The van der Waals surface area contributed by atoms with Crippen molar-refractivity contribution < 1.29 is 9.53 Å². The van der Waals surface area contributed by atoms with Gasteiger partial charge in [0.1, 0.15) is 0 Å². The van der Waals surface area contributed by atoms with Gasteiger partial charge in [0.2, 0.25) is 17.7 Å². The van der Waals surface area contributed by atoms with Crippen LogP contribution in [0.5, 0.6) is 5.88 Å². The standard InChI is InChI=1S/C18H26N6O2/c1-12(2)7-17(25)24-8-13(14-9-23(3)11-20-14)15(10-24)21-18-19-6-5-16(22-18)26-4/h5-6,9,11-13,15H,7-8,10H2,1-4H3,(H,19,21,22)/t13-,15+/m0/s1. The summed E-state index contributed by atoms with van der Waals surface area (Å²) in [6.45, 7) is 5.37. The third-order valence-corrected chi connectivity index (χ3v) is 4.51. The van der Waals surface area contributed by atoms with Crippen LogP contribution >= 0.6 is 0 Å². The van der Waals surface area contributed by atoms with Crippen molar-refractivity contribution in [3.05, 3.63) is 30.5 Å². The molecule has 1 aliphatic rings. The predicted molar refractivity (Wildman–Crippen MR) is 98.0 cm³/mol. The first-order chi connectivity index (χ1) is 12.5. The van der Waals surface area contributed by atoms with Gasteiger partial charge in [0.15, 0.2) is 0 Å². The smallest absolute Gasteiger partial charge is 0.226 e. The molecule has 0 unspecified atom stereocenters. The Morgan fingerprint density at radius 1 is 1.38 bits per heavy atom. The number of carbonyl (C=O) groups is 1. The molecule has 3 rings (SSSR count). The molecule has 140 valence electrons. The zero-order chi connectivity index (χ0) is 18.7. The van der Waals surface area contributed by atoms with Crippen molar-refractivity contribution in [3.63, 3.8) is 0 Å². The highest BCUT2D eigenvalue weighted by molar-refractivity contribution is 5.77. The molecule has 0 aromatic carbocycles. The molecule has 3 heterocycles. The summed E-state index contributed by atoms with van der Waals surface area (Å²) in [7, 11) is 3.52. The number of amides is 1. The molecule has 1 aliphatic heterocycles. The van der Waals surface area contributed by atoms with Crippen molar-refractivity contribution in [2.75, 3.05) is 25.5 Å². The normalized spacial score (nSPS) is 19.8. The number of aryl methyl sites for hydroxylation is 1. The molecule has 0 radical (unpaired) electrons. The van der Waals surface area contributed by atoms with Gasteiger partial charge < -0.3 is 19.5 Å². The van der Waals surface area contributed by atoms with Crippen molar-refractivity contribution in [2.45, 2.75) is 32.2 Å². The molecule has 2 aromatic rings. The van der Waals surface area contributed by atoms with Gasteiger partial charge in [-0.1, -0.05) is 13.8 Å². The molecule has 0 bridgehead atoms. The molecule has 0 aliphatic carbocycles. The maximum Gasteiger partial charge on any atom is 0.226 e. The second-order valence-corrected chi connectivity index (χ2v) is 7.14. The molecule has 1 saturated heterocycles. The van der Waals surface area contributed by atoms with E-state index in [0.717, 1.165) is 5.69 Å². The van der Waals surface area contributed by atoms with Crippen molar-refractivity contribution >= 4 is 11.9 Å². The Bertz CT molecular complexity index is 760. The van der Waals surface area contributed by atoms with Gasteiger partial charge in [0.05, 0.1) is 25.2 Å². The molecule has 2 aromatic heterocycles. The first-order valence-electron chi connectivity index (χ1n) is 8.85. The summed E-state index contributed by atoms with van der Waals surface area (Å²) in [6, 6.07) is 1.70. The van der Waals surface area contributed by atoms with E-state index >= 15 is 0 Å². The molecule has 0 spiro atoms. The summed E-state index contributed by atoms with van der Waals surface area (Å²) in [4.78, 5) is 27.6. The lowest BCUT2D eigenvalue weighted by atomic mass is 10.0. The number of methoxy groups -OCH3 is 1. The highest BCUT2D eigenvalue weighted by Gasteiger charge is 2.37. The Labute approximate surface area is 153 Å². The Hall–Kier alpha value is -2.64. The van der Waals surface area contributed by atoms with Gasteiger partial charge in [-0.3, -0.25) is 4.79 Å². The topological polar surface area (TPSA) is 85.2 Å². The van der Waals surface area contributed by atoms with Gasteiger partial charge in [-0.2, -0.15) is 4.98 Å². The van der Waals surface area contributed by atoms with Crippen LogP contribution in [0.4, 0.5) is 5.95 Å². The molecule has 0 saturated carbocycles. The Kier molecular flexibility index (Phi) is 5.39. The number of likely N-dealkylation sites (tertiary alicyclic amines) is 1. The van der Waals surface area contributed by atoms with E-state index in [-0.39, 0.29) is 17.9 Å². The van der Waals surface area contributed by atoms with Crippen molar-refractivity contribution in [3.8, 4) is 5.88 Å². The molecule has 26 heavy (non-hydrogen) atoms. The Balaban J connectivity index is 1.80. The fourth-order valence-electron chi connectivity index (χ4n) is 3.25. The lowest BCUT2D eigenvalue weighted by Crippen LogP contribution is -2.32. The van der Waals surface area contributed by atoms with E-state index in [1.807, 2.05) is 22.7 Å². The lowest BCUT2D eigenvalue weighted by Gasteiger charge is -2.18. The minimum atomic E-state index is -0.00637. The van der Waals surface area contributed by atoms with Gasteiger partial charge >= 0.3 is 0 Å². The largest absolute Gasteiger partial charge is 0.481 e. The molecular weight excluding hydrogens is 332 g/mol. The zero-order valence-electron chi connectivity index (χ0n) is 15.7. The summed E-state index contributed by atoms with van der Waals surface area (Å²) in [6.07, 6.45) is 5.99. The molecule has 1 fully saturated rings. The SMILES string of the molecule is COc1ccnc(N[C@@H]2CN(C(=O)CC(C)C)C[C@H]2c2cn(C)cn2)n1. The molecule has 8 heteroatoms. The summed E-state index contributed by atoms with van der Waals surface area (Å²) in [5, 5.41) is 3.37. The van der Waals surface area contributed by atoms with Crippen LogP contribution in [0.2, 0.25) is 0 Å². The second-order valence-electron chi connectivity index (χ2n) is 7.14. The van der Waals surface area contributed by atoms with Crippen LogP contribution < -0.4 is 10.1 Å². The summed E-state index contributed by atoms with van der Waals surface area (Å²) in [5.74, 6) is 1.60.